The minimum atomic E-state index is -0.231. The van der Waals surface area contributed by atoms with Crippen molar-refractivity contribution in [1.82, 2.24) is 15.1 Å². The molecule has 3 amide bonds. The molecule has 2 aliphatic rings. The number of carbonyl (C=O) groups is 2. The van der Waals surface area contributed by atoms with Gasteiger partial charge in [-0.2, -0.15) is 0 Å². The number of hydrogen-bond acceptors (Lipinski definition) is 2. The molecule has 2 rings (SSSR count). The number of rotatable bonds is 7. The molecule has 0 aromatic heterocycles. The summed E-state index contributed by atoms with van der Waals surface area (Å²) < 4.78 is 0. The van der Waals surface area contributed by atoms with E-state index < -0.39 is 0 Å². The molecule has 0 unspecified atom stereocenters. The molecule has 2 fully saturated rings. The van der Waals surface area contributed by atoms with E-state index in [0.29, 0.717) is 11.8 Å². The van der Waals surface area contributed by atoms with Crippen molar-refractivity contribution in [2.45, 2.75) is 64.8 Å². The molecule has 1 N–H and O–H groups in total. The van der Waals surface area contributed by atoms with Crippen molar-refractivity contribution in [3.8, 4) is 0 Å². The van der Waals surface area contributed by atoms with Gasteiger partial charge in [-0.3, -0.25) is 4.79 Å². The Bertz CT molecular complexity index is 782. The highest BCUT2D eigenvalue weighted by Gasteiger charge is 2.31. The van der Waals surface area contributed by atoms with Crippen molar-refractivity contribution >= 4 is 11.9 Å². The van der Waals surface area contributed by atoms with Crippen molar-refractivity contribution in [1.29, 1.82) is 0 Å². The van der Waals surface area contributed by atoms with Crippen LogP contribution in [0.15, 0.2) is 60.8 Å². The molecule has 33 heavy (non-hydrogen) atoms. The van der Waals surface area contributed by atoms with Gasteiger partial charge in [-0.1, -0.05) is 55.2 Å². The Morgan fingerprint density at radius 2 is 1.73 bits per heavy atom. The number of likely N-dealkylation sites (tertiary alicyclic amines) is 1. The van der Waals surface area contributed by atoms with Gasteiger partial charge < -0.3 is 15.1 Å². The van der Waals surface area contributed by atoms with Crippen LogP contribution < -0.4 is 5.32 Å². The number of urea groups is 1. The van der Waals surface area contributed by atoms with Crippen molar-refractivity contribution in [2.24, 2.45) is 11.8 Å². The van der Waals surface area contributed by atoms with Gasteiger partial charge in [0.2, 0.25) is 5.91 Å². The zero-order valence-corrected chi connectivity index (χ0v) is 21.1. The number of piperidine rings is 1. The Hall–Kier alpha value is -2.56. The molecule has 1 aliphatic heterocycles. The predicted molar refractivity (Wildman–Crippen MR) is 138 cm³/mol. The molecule has 0 spiro atoms. The highest BCUT2D eigenvalue weighted by atomic mass is 16.2. The fraction of sp³-hybridized carbons (Fsp3) is 0.571. The quantitative estimate of drug-likeness (QED) is 0.508. The van der Waals surface area contributed by atoms with Gasteiger partial charge in [0.1, 0.15) is 0 Å². The summed E-state index contributed by atoms with van der Waals surface area (Å²) in [5, 5.41) is 3.02. The van der Waals surface area contributed by atoms with Crippen LogP contribution in [0.1, 0.15) is 59.3 Å². The van der Waals surface area contributed by atoms with Crippen molar-refractivity contribution in [3.63, 3.8) is 0 Å². The Kier molecular flexibility index (Phi) is 10.2. The number of amides is 3. The van der Waals surface area contributed by atoms with Gasteiger partial charge in [0.15, 0.2) is 0 Å². The summed E-state index contributed by atoms with van der Waals surface area (Å²) in [5.74, 6) is 0.923. The van der Waals surface area contributed by atoms with E-state index in [9.17, 15) is 9.59 Å². The van der Waals surface area contributed by atoms with Crippen molar-refractivity contribution in [2.75, 3.05) is 26.7 Å². The first kappa shape index (κ1) is 26.7. The lowest BCUT2D eigenvalue weighted by Crippen LogP contribution is -2.48. The minimum Gasteiger partial charge on any atom is -0.342 e. The van der Waals surface area contributed by atoms with Crippen LogP contribution in [0.5, 0.6) is 0 Å². The third-order valence-electron chi connectivity index (χ3n) is 6.38. The maximum Gasteiger partial charge on any atom is 0.317 e. The van der Waals surface area contributed by atoms with Crippen LogP contribution >= 0.6 is 0 Å². The predicted octanol–water partition coefficient (Wildman–Crippen LogP) is 5.64. The fourth-order valence-electron chi connectivity index (χ4n) is 4.60. The maximum atomic E-state index is 13.1. The first-order chi connectivity index (χ1) is 15.6. The van der Waals surface area contributed by atoms with E-state index in [1.807, 2.05) is 46.0 Å². The van der Waals surface area contributed by atoms with Gasteiger partial charge in [-0.25, -0.2) is 4.79 Å². The second-order valence-electron chi connectivity index (χ2n) is 10.4. The Labute approximate surface area is 201 Å². The number of carbonyl (C=O) groups excluding carboxylic acids is 2. The molecule has 0 aromatic rings. The molecule has 182 valence electrons. The van der Waals surface area contributed by atoms with E-state index in [-0.39, 0.29) is 17.5 Å². The van der Waals surface area contributed by atoms with Crippen LogP contribution in [0.4, 0.5) is 4.79 Å². The molecule has 5 nitrogen and oxygen atoms in total. The summed E-state index contributed by atoms with van der Waals surface area (Å²) in [7, 11) is 1.86. The average Bonchev–Trinajstić information content (AvgIpc) is 2.77. The zero-order valence-electron chi connectivity index (χ0n) is 21.1. The Morgan fingerprint density at radius 1 is 1.09 bits per heavy atom. The lowest BCUT2D eigenvalue weighted by Gasteiger charge is -2.36. The summed E-state index contributed by atoms with van der Waals surface area (Å²) in [4.78, 5) is 29.3. The molecule has 0 radical (unpaired) electrons. The highest BCUT2D eigenvalue weighted by molar-refractivity contribution is 5.79. The van der Waals surface area contributed by atoms with E-state index in [1.54, 1.807) is 17.1 Å². The topological polar surface area (TPSA) is 52.7 Å². The van der Waals surface area contributed by atoms with Crippen LogP contribution in [0.25, 0.3) is 0 Å². The standard InChI is InChI=1S/C28H43N3O2/c1-7-9-11-22(10-8-2)20-23-16-18-31(19-17-23)26(32)25-14-12-24(13-15-25)21-30(6)27(33)29-28(3,4)5/h7-11,20,24-25H,1-2,12-19,21H2,3-6H3,(H,29,33)/b11-9-,22-10+. The minimum absolute atomic E-state index is 0.0241. The van der Waals surface area contributed by atoms with Gasteiger partial charge in [0.05, 0.1) is 0 Å². The molecule has 1 saturated heterocycles. The van der Waals surface area contributed by atoms with Gasteiger partial charge in [0, 0.05) is 38.1 Å². The number of nitrogens with zero attached hydrogens (tertiary/aromatic N) is 2. The van der Waals surface area contributed by atoms with Crippen LogP contribution in [0, 0.1) is 11.8 Å². The second-order valence-corrected chi connectivity index (χ2v) is 10.4. The van der Waals surface area contributed by atoms with E-state index in [2.05, 4.69) is 29.5 Å². The summed E-state index contributed by atoms with van der Waals surface area (Å²) in [6.45, 7) is 15.8. The van der Waals surface area contributed by atoms with Gasteiger partial charge in [0.25, 0.3) is 0 Å². The molecule has 5 heteroatoms. The third-order valence-corrected chi connectivity index (χ3v) is 6.38. The first-order valence-electron chi connectivity index (χ1n) is 12.3. The van der Waals surface area contributed by atoms with Crippen molar-refractivity contribution in [3.05, 3.63) is 60.8 Å². The summed E-state index contributed by atoms with van der Waals surface area (Å²) in [6.07, 6.45) is 17.4. The number of hydrogen-bond donors (Lipinski definition) is 1. The Morgan fingerprint density at radius 3 is 2.27 bits per heavy atom. The normalized spacial score (nSPS) is 22.1. The van der Waals surface area contributed by atoms with E-state index >= 15 is 0 Å². The monoisotopic (exact) mass is 453 g/mol. The van der Waals surface area contributed by atoms with E-state index in [1.165, 1.54) is 5.57 Å². The lowest BCUT2D eigenvalue weighted by molar-refractivity contribution is -0.137. The summed E-state index contributed by atoms with van der Waals surface area (Å²) in [5.41, 5.74) is 2.25. The van der Waals surface area contributed by atoms with E-state index in [0.717, 1.165) is 63.7 Å². The SMILES string of the molecule is C=C/C=C\C(C=C1CCN(C(=O)C2CCC(CN(C)C(=O)NC(C)(C)C)CC2)CC1)=C/C=C. The van der Waals surface area contributed by atoms with Gasteiger partial charge in [-0.05, 0) is 70.8 Å². The van der Waals surface area contributed by atoms with E-state index in [4.69, 9.17) is 0 Å². The second kappa shape index (κ2) is 12.6. The highest BCUT2D eigenvalue weighted by Crippen LogP contribution is 2.31. The van der Waals surface area contributed by atoms with Gasteiger partial charge >= 0.3 is 6.03 Å². The molecular formula is C28H43N3O2. The third kappa shape index (κ3) is 9.07. The maximum absolute atomic E-state index is 13.1. The first-order valence-corrected chi connectivity index (χ1v) is 12.3. The molecule has 0 bridgehead atoms. The van der Waals surface area contributed by atoms with Crippen molar-refractivity contribution < 1.29 is 9.59 Å². The molecule has 0 atom stereocenters. The number of nitrogens with one attached hydrogen (secondary N) is 1. The molecular weight excluding hydrogens is 410 g/mol. The Balaban J connectivity index is 1.80. The van der Waals surface area contributed by atoms with Crippen LogP contribution in [-0.2, 0) is 4.79 Å². The fourth-order valence-corrected chi connectivity index (χ4v) is 4.60. The largest absolute Gasteiger partial charge is 0.342 e. The van der Waals surface area contributed by atoms with Gasteiger partial charge in [-0.15, -0.1) is 0 Å². The lowest BCUT2D eigenvalue weighted by atomic mass is 9.81. The molecule has 1 saturated carbocycles. The molecule has 0 aromatic carbocycles. The number of allylic oxidation sites excluding steroid dienone is 7. The summed E-state index contributed by atoms with van der Waals surface area (Å²) in [6, 6.07) is -0.0241. The van der Waals surface area contributed by atoms with Crippen LogP contribution in [0.2, 0.25) is 0 Å². The molecule has 1 aliphatic carbocycles. The summed E-state index contributed by atoms with van der Waals surface area (Å²) >= 11 is 0. The van der Waals surface area contributed by atoms with Crippen LogP contribution in [-0.4, -0.2) is 54.0 Å². The smallest absolute Gasteiger partial charge is 0.317 e. The van der Waals surface area contributed by atoms with Crippen LogP contribution in [0.3, 0.4) is 0 Å². The molecule has 1 heterocycles. The zero-order chi connectivity index (χ0) is 24.4. The average molecular weight is 454 g/mol.